The summed E-state index contributed by atoms with van der Waals surface area (Å²) in [5.41, 5.74) is -2.72. The highest BCUT2D eigenvalue weighted by molar-refractivity contribution is 5.88. The lowest BCUT2D eigenvalue weighted by Crippen LogP contribution is -2.48. The van der Waals surface area contributed by atoms with Crippen LogP contribution >= 0.6 is 0 Å². The zero-order chi connectivity index (χ0) is 16.5. The lowest BCUT2D eigenvalue weighted by Gasteiger charge is -2.32. The van der Waals surface area contributed by atoms with E-state index in [1.807, 2.05) is 0 Å². The van der Waals surface area contributed by atoms with Gasteiger partial charge < -0.3 is 0 Å². The Morgan fingerprint density at radius 1 is 0.773 bits per heavy atom. The lowest BCUT2D eigenvalue weighted by atomic mass is 9.74. The van der Waals surface area contributed by atoms with Gasteiger partial charge in [0.05, 0.1) is 0 Å². The minimum absolute atomic E-state index is 0.429. The number of halogens is 4. The molecule has 0 spiro atoms. The first-order chi connectivity index (χ1) is 10.2. The minimum Gasteiger partial charge on any atom is -0.259 e. The van der Waals surface area contributed by atoms with E-state index in [2.05, 4.69) is 0 Å². The molecule has 0 amide bonds. The molecule has 1 nitrogen and oxygen atoms in total. The predicted octanol–water partition coefficient (Wildman–Crippen LogP) is 4.65. The molecule has 0 aliphatic heterocycles. The highest BCUT2D eigenvalue weighted by atomic mass is 19.4. The fraction of sp³-hybridized carbons (Fsp3) is 0.235. The van der Waals surface area contributed by atoms with Crippen molar-refractivity contribution in [2.75, 3.05) is 0 Å². The van der Waals surface area contributed by atoms with Gasteiger partial charge >= 0.3 is 12.2 Å². The summed E-state index contributed by atoms with van der Waals surface area (Å²) >= 11 is 0. The molecule has 5 heteroatoms. The maximum atomic E-state index is 13.7. The van der Waals surface area contributed by atoms with Gasteiger partial charge in [0.1, 0.15) is 0 Å². The number of carbonyl (C=O) groups excluding carboxylic acids is 1. The zero-order valence-corrected chi connectivity index (χ0v) is 12.0. The third-order valence-electron chi connectivity index (χ3n) is 3.69. The number of benzene rings is 2. The van der Waals surface area contributed by atoms with E-state index in [1.165, 1.54) is 24.3 Å². The summed E-state index contributed by atoms with van der Waals surface area (Å²) < 4.78 is 54.9. The Hall–Kier alpha value is -2.17. The molecule has 0 atom stereocenters. The molecule has 2 rings (SSSR count). The fourth-order valence-electron chi connectivity index (χ4n) is 2.44. The summed E-state index contributed by atoms with van der Waals surface area (Å²) in [5.74, 6) is 0. The summed E-state index contributed by atoms with van der Waals surface area (Å²) in [4.78, 5) is 11.5. The van der Waals surface area contributed by atoms with Crippen molar-refractivity contribution in [2.45, 2.75) is 25.4 Å². The Morgan fingerprint density at radius 3 is 1.32 bits per heavy atom. The molecule has 2 aromatic rings. The third-order valence-corrected chi connectivity index (χ3v) is 3.69. The van der Waals surface area contributed by atoms with Gasteiger partial charge in [0.25, 0.3) is 0 Å². The van der Waals surface area contributed by atoms with Crippen molar-refractivity contribution in [3.63, 3.8) is 0 Å². The van der Waals surface area contributed by atoms with Crippen LogP contribution in [0.1, 0.15) is 22.3 Å². The SMILES string of the molecule is Cc1ccc(C(C(=O)F)(c2ccc(C)cc2)C(F)(F)F)cc1. The van der Waals surface area contributed by atoms with E-state index in [-0.39, 0.29) is 0 Å². The first-order valence-electron chi connectivity index (χ1n) is 6.60. The van der Waals surface area contributed by atoms with Crippen LogP contribution in [0.3, 0.4) is 0 Å². The van der Waals surface area contributed by atoms with Gasteiger partial charge in [0.15, 0.2) is 0 Å². The van der Waals surface area contributed by atoms with Crippen molar-refractivity contribution < 1.29 is 22.4 Å². The maximum Gasteiger partial charge on any atom is 0.412 e. The van der Waals surface area contributed by atoms with Gasteiger partial charge in [-0.1, -0.05) is 59.7 Å². The lowest BCUT2D eigenvalue weighted by molar-refractivity contribution is -0.191. The van der Waals surface area contributed by atoms with E-state index in [4.69, 9.17) is 0 Å². The van der Waals surface area contributed by atoms with Crippen molar-refractivity contribution >= 4 is 6.04 Å². The zero-order valence-electron chi connectivity index (χ0n) is 12.0. The Bertz CT molecular complexity index is 624. The molecule has 2 aromatic carbocycles. The van der Waals surface area contributed by atoms with E-state index < -0.39 is 28.8 Å². The van der Waals surface area contributed by atoms with Crippen LogP contribution in [-0.4, -0.2) is 12.2 Å². The number of rotatable bonds is 3. The Morgan fingerprint density at radius 2 is 1.09 bits per heavy atom. The van der Waals surface area contributed by atoms with E-state index >= 15 is 0 Å². The second kappa shape index (κ2) is 5.55. The molecule has 0 aliphatic rings. The van der Waals surface area contributed by atoms with Crippen molar-refractivity contribution in [1.82, 2.24) is 0 Å². The normalized spacial score (nSPS) is 12.3. The molecule has 0 radical (unpaired) electrons. The second-order valence-electron chi connectivity index (χ2n) is 5.25. The monoisotopic (exact) mass is 310 g/mol. The van der Waals surface area contributed by atoms with Crippen molar-refractivity contribution in [1.29, 1.82) is 0 Å². The topological polar surface area (TPSA) is 17.1 Å². The van der Waals surface area contributed by atoms with Crippen LogP contribution in [0, 0.1) is 13.8 Å². The van der Waals surface area contributed by atoms with Gasteiger partial charge in [0.2, 0.25) is 5.41 Å². The Labute approximate surface area is 125 Å². The van der Waals surface area contributed by atoms with Crippen LogP contribution in [-0.2, 0) is 10.2 Å². The van der Waals surface area contributed by atoms with E-state index in [1.54, 1.807) is 13.8 Å². The van der Waals surface area contributed by atoms with E-state index in [0.717, 1.165) is 35.4 Å². The highest BCUT2D eigenvalue weighted by Gasteiger charge is 2.63. The van der Waals surface area contributed by atoms with Gasteiger partial charge in [-0.3, -0.25) is 4.79 Å². The van der Waals surface area contributed by atoms with E-state index in [9.17, 15) is 22.4 Å². The van der Waals surface area contributed by atoms with Gasteiger partial charge in [-0.25, -0.2) is 0 Å². The third kappa shape index (κ3) is 2.51. The van der Waals surface area contributed by atoms with Crippen molar-refractivity contribution in [2.24, 2.45) is 0 Å². The average molecular weight is 310 g/mol. The van der Waals surface area contributed by atoms with E-state index in [0.29, 0.717) is 0 Å². The molecule has 0 N–H and O–H groups in total. The number of alkyl halides is 3. The number of carbonyl (C=O) groups is 1. The largest absolute Gasteiger partial charge is 0.412 e. The molecule has 0 saturated heterocycles. The van der Waals surface area contributed by atoms with Crippen LogP contribution in [0.2, 0.25) is 0 Å². The van der Waals surface area contributed by atoms with Crippen LogP contribution in [0.5, 0.6) is 0 Å². The first kappa shape index (κ1) is 16.2. The molecule has 0 aliphatic carbocycles. The summed E-state index contributed by atoms with van der Waals surface area (Å²) in [6, 6.07) is 7.81. The average Bonchev–Trinajstić information content (AvgIpc) is 2.41. The van der Waals surface area contributed by atoms with Crippen LogP contribution < -0.4 is 0 Å². The number of hydrogen-bond donors (Lipinski definition) is 0. The molecule has 0 saturated carbocycles. The van der Waals surface area contributed by atoms with Crippen LogP contribution in [0.25, 0.3) is 0 Å². The van der Waals surface area contributed by atoms with Crippen LogP contribution in [0.4, 0.5) is 17.6 Å². The van der Waals surface area contributed by atoms with Crippen LogP contribution in [0.15, 0.2) is 48.5 Å². The van der Waals surface area contributed by atoms with Gasteiger partial charge in [-0.2, -0.15) is 17.6 Å². The van der Waals surface area contributed by atoms with Crippen molar-refractivity contribution in [3.8, 4) is 0 Å². The maximum absolute atomic E-state index is 13.7. The molecule has 0 aromatic heterocycles. The molecule has 116 valence electrons. The second-order valence-corrected chi connectivity index (χ2v) is 5.25. The van der Waals surface area contributed by atoms with Gasteiger partial charge in [0, 0.05) is 0 Å². The summed E-state index contributed by atoms with van der Waals surface area (Å²) in [6.45, 7) is 3.39. The first-order valence-corrected chi connectivity index (χ1v) is 6.60. The molecule has 0 heterocycles. The number of aryl methyl sites for hydroxylation is 2. The van der Waals surface area contributed by atoms with Gasteiger partial charge in [-0.05, 0) is 25.0 Å². The number of hydrogen-bond acceptors (Lipinski definition) is 1. The summed E-state index contributed by atoms with van der Waals surface area (Å²) in [6.07, 6.45) is -5.09. The fourth-order valence-corrected chi connectivity index (χ4v) is 2.44. The molecule has 22 heavy (non-hydrogen) atoms. The molecular weight excluding hydrogens is 296 g/mol. The quantitative estimate of drug-likeness (QED) is 0.596. The Balaban J connectivity index is 2.80. The minimum atomic E-state index is -5.09. The smallest absolute Gasteiger partial charge is 0.259 e. The molecular formula is C17H14F4O. The summed E-state index contributed by atoms with van der Waals surface area (Å²) in [7, 11) is 0. The molecule has 0 bridgehead atoms. The predicted molar refractivity (Wildman–Crippen MR) is 75.3 cm³/mol. The van der Waals surface area contributed by atoms with Gasteiger partial charge in [-0.15, -0.1) is 0 Å². The Kier molecular flexibility index (Phi) is 4.09. The highest BCUT2D eigenvalue weighted by Crippen LogP contribution is 2.47. The molecule has 0 fully saturated rings. The molecule has 0 unspecified atom stereocenters. The standard InChI is InChI=1S/C17H14F4O/c1-11-3-7-13(8-4-11)16(15(18)22,17(19,20)21)14-9-5-12(2)6-10-14/h3-10H,1-2H3. The summed E-state index contributed by atoms with van der Waals surface area (Å²) in [5, 5.41) is 0. The van der Waals surface area contributed by atoms with Crippen molar-refractivity contribution in [3.05, 3.63) is 70.8 Å².